The first kappa shape index (κ1) is 16.0. The van der Waals surface area contributed by atoms with Crippen molar-refractivity contribution in [3.8, 4) is 11.3 Å². The van der Waals surface area contributed by atoms with Gasteiger partial charge in [-0.2, -0.15) is 0 Å². The summed E-state index contributed by atoms with van der Waals surface area (Å²) in [5.74, 6) is 0.931. The molecule has 0 spiro atoms. The molecule has 1 aliphatic heterocycles. The van der Waals surface area contributed by atoms with Crippen LogP contribution in [0.5, 0.6) is 0 Å². The van der Waals surface area contributed by atoms with Gasteiger partial charge in [0.1, 0.15) is 5.69 Å². The van der Waals surface area contributed by atoms with Gasteiger partial charge >= 0.3 is 0 Å². The highest BCUT2D eigenvalue weighted by atomic mass is 16.5. The predicted octanol–water partition coefficient (Wildman–Crippen LogP) is 3.07. The Morgan fingerprint density at radius 3 is 2.74 bits per heavy atom. The quantitative estimate of drug-likeness (QED) is 0.759. The summed E-state index contributed by atoms with van der Waals surface area (Å²) in [7, 11) is 1.74. The first-order chi connectivity index (χ1) is 11.4. The predicted molar refractivity (Wildman–Crippen MR) is 91.6 cm³/mol. The molecule has 0 bridgehead atoms. The van der Waals surface area contributed by atoms with E-state index in [9.17, 15) is 0 Å². The number of methoxy groups -OCH3 is 1. The number of hydrogen-bond acceptors (Lipinski definition) is 5. The number of benzene rings is 1. The number of aromatic nitrogens is 1. The maximum absolute atomic E-state index is 5.72. The van der Waals surface area contributed by atoms with Crippen molar-refractivity contribution >= 4 is 5.88 Å². The number of anilines is 1. The third kappa shape index (κ3) is 3.92. The van der Waals surface area contributed by atoms with Crippen molar-refractivity contribution in [2.24, 2.45) is 0 Å². The topological polar surface area (TPSA) is 50.5 Å². The highest BCUT2D eigenvalue weighted by Gasteiger charge is 2.24. The fraction of sp³-hybridized carbons (Fsp3) is 0.500. The fourth-order valence-corrected chi connectivity index (χ4v) is 3.01. The molecule has 0 amide bonds. The highest BCUT2D eigenvalue weighted by Crippen LogP contribution is 2.32. The molecule has 124 valence electrons. The molecule has 0 radical (unpaired) electrons. The van der Waals surface area contributed by atoms with Gasteiger partial charge in [0.2, 0.25) is 5.88 Å². The summed E-state index contributed by atoms with van der Waals surface area (Å²) in [6, 6.07) is 10.3. The average molecular weight is 315 g/mol. The third-order valence-electron chi connectivity index (χ3n) is 4.21. The molecular weight excluding hydrogens is 290 g/mol. The van der Waals surface area contributed by atoms with Crippen LogP contribution in [-0.2, 0) is 11.3 Å². The standard InChI is InChI=1S/C18H25N3O2/c1-22-13-7-10-19-14-16-17(15-8-3-2-4-9-15)20-23-18(16)21-11-5-6-12-21/h2-4,8-9,19H,5-7,10-14H2,1H3. The largest absolute Gasteiger partial charge is 0.385 e. The van der Waals surface area contributed by atoms with Crippen LogP contribution in [0.1, 0.15) is 24.8 Å². The second-order valence-electron chi connectivity index (χ2n) is 5.90. The summed E-state index contributed by atoms with van der Waals surface area (Å²) in [5, 5.41) is 7.85. The second kappa shape index (κ2) is 8.13. The Hall–Kier alpha value is -1.85. The van der Waals surface area contributed by atoms with E-state index in [0.717, 1.165) is 61.9 Å². The monoisotopic (exact) mass is 315 g/mol. The molecule has 1 fully saturated rings. The molecule has 0 unspecified atom stereocenters. The van der Waals surface area contributed by atoms with Gasteiger partial charge in [0, 0.05) is 38.9 Å². The van der Waals surface area contributed by atoms with Crippen LogP contribution < -0.4 is 10.2 Å². The second-order valence-corrected chi connectivity index (χ2v) is 5.90. The zero-order valence-electron chi connectivity index (χ0n) is 13.8. The van der Waals surface area contributed by atoms with E-state index < -0.39 is 0 Å². The molecule has 3 rings (SSSR count). The molecule has 23 heavy (non-hydrogen) atoms. The maximum Gasteiger partial charge on any atom is 0.232 e. The van der Waals surface area contributed by atoms with Crippen molar-refractivity contribution in [2.45, 2.75) is 25.8 Å². The van der Waals surface area contributed by atoms with Gasteiger partial charge in [-0.25, -0.2) is 0 Å². The zero-order valence-corrected chi connectivity index (χ0v) is 13.8. The van der Waals surface area contributed by atoms with Gasteiger partial charge < -0.3 is 19.5 Å². The Morgan fingerprint density at radius 2 is 2.00 bits per heavy atom. The lowest BCUT2D eigenvalue weighted by Crippen LogP contribution is -2.21. The molecule has 5 heteroatoms. The van der Waals surface area contributed by atoms with E-state index in [1.807, 2.05) is 18.2 Å². The number of nitrogens with zero attached hydrogens (tertiary/aromatic N) is 2. The van der Waals surface area contributed by atoms with Gasteiger partial charge in [0.05, 0.1) is 5.56 Å². The lowest BCUT2D eigenvalue weighted by Gasteiger charge is -2.15. The molecular formula is C18H25N3O2. The molecule has 2 aromatic rings. The minimum Gasteiger partial charge on any atom is -0.385 e. The van der Waals surface area contributed by atoms with Crippen LogP contribution >= 0.6 is 0 Å². The Bertz CT molecular complexity index is 592. The van der Waals surface area contributed by atoms with Gasteiger partial charge in [-0.3, -0.25) is 0 Å². The highest BCUT2D eigenvalue weighted by molar-refractivity contribution is 5.68. The molecule has 1 saturated heterocycles. The smallest absolute Gasteiger partial charge is 0.232 e. The zero-order chi connectivity index (χ0) is 15.9. The summed E-state index contributed by atoms with van der Waals surface area (Å²) in [6.07, 6.45) is 3.45. The lowest BCUT2D eigenvalue weighted by molar-refractivity contribution is 0.194. The molecule has 1 N–H and O–H groups in total. The lowest BCUT2D eigenvalue weighted by atomic mass is 10.1. The Labute approximate surface area is 137 Å². The van der Waals surface area contributed by atoms with Crippen LogP contribution in [0.15, 0.2) is 34.9 Å². The van der Waals surface area contributed by atoms with E-state index >= 15 is 0 Å². The first-order valence-corrected chi connectivity index (χ1v) is 8.38. The fourth-order valence-electron chi connectivity index (χ4n) is 3.01. The third-order valence-corrected chi connectivity index (χ3v) is 4.21. The molecule has 5 nitrogen and oxygen atoms in total. The molecule has 1 aromatic heterocycles. The minimum absolute atomic E-state index is 0.767. The molecule has 0 saturated carbocycles. The van der Waals surface area contributed by atoms with Crippen molar-refractivity contribution in [1.29, 1.82) is 0 Å². The van der Waals surface area contributed by atoms with Gasteiger partial charge in [-0.15, -0.1) is 0 Å². The first-order valence-electron chi connectivity index (χ1n) is 8.38. The van der Waals surface area contributed by atoms with Crippen molar-refractivity contribution in [1.82, 2.24) is 10.5 Å². The van der Waals surface area contributed by atoms with Crippen LogP contribution in [0, 0.1) is 0 Å². The van der Waals surface area contributed by atoms with E-state index in [1.54, 1.807) is 7.11 Å². The number of nitrogens with one attached hydrogen (secondary N) is 1. The summed E-state index contributed by atoms with van der Waals surface area (Å²) < 4.78 is 10.8. The Kier molecular flexibility index (Phi) is 5.66. The van der Waals surface area contributed by atoms with Crippen molar-refractivity contribution in [2.75, 3.05) is 38.3 Å². The van der Waals surface area contributed by atoms with Crippen LogP contribution in [0.25, 0.3) is 11.3 Å². The van der Waals surface area contributed by atoms with Gasteiger partial charge in [-0.1, -0.05) is 35.5 Å². The molecule has 1 aromatic carbocycles. The average Bonchev–Trinajstić information content (AvgIpc) is 3.25. The summed E-state index contributed by atoms with van der Waals surface area (Å²) in [4.78, 5) is 2.31. The SMILES string of the molecule is COCCCNCc1c(-c2ccccc2)noc1N1CCCC1. The number of rotatable bonds is 8. The summed E-state index contributed by atoms with van der Waals surface area (Å²) in [6.45, 7) is 4.58. The van der Waals surface area contributed by atoms with Crippen LogP contribution in [0.2, 0.25) is 0 Å². The maximum atomic E-state index is 5.72. The normalized spacial score (nSPS) is 14.6. The van der Waals surface area contributed by atoms with Gasteiger partial charge in [-0.05, 0) is 25.8 Å². The minimum atomic E-state index is 0.767. The van der Waals surface area contributed by atoms with E-state index in [-0.39, 0.29) is 0 Å². The summed E-state index contributed by atoms with van der Waals surface area (Å²) >= 11 is 0. The van der Waals surface area contributed by atoms with E-state index in [2.05, 4.69) is 27.5 Å². The Morgan fingerprint density at radius 1 is 1.22 bits per heavy atom. The van der Waals surface area contributed by atoms with E-state index in [0.29, 0.717) is 0 Å². The van der Waals surface area contributed by atoms with Crippen molar-refractivity contribution in [3.05, 3.63) is 35.9 Å². The van der Waals surface area contributed by atoms with Crippen LogP contribution in [0.3, 0.4) is 0 Å². The summed E-state index contributed by atoms with van der Waals surface area (Å²) in [5.41, 5.74) is 3.22. The number of ether oxygens (including phenoxy) is 1. The van der Waals surface area contributed by atoms with Gasteiger partial charge in [0.25, 0.3) is 0 Å². The Balaban J connectivity index is 1.78. The number of hydrogen-bond donors (Lipinski definition) is 1. The molecule has 1 aliphatic rings. The van der Waals surface area contributed by atoms with Crippen LogP contribution in [-0.4, -0.2) is 38.5 Å². The molecule has 0 atom stereocenters. The van der Waals surface area contributed by atoms with Crippen molar-refractivity contribution < 1.29 is 9.26 Å². The van der Waals surface area contributed by atoms with Gasteiger partial charge in [0.15, 0.2) is 0 Å². The molecule has 0 aliphatic carbocycles. The van der Waals surface area contributed by atoms with Crippen molar-refractivity contribution in [3.63, 3.8) is 0 Å². The molecule has 2 heterocycles. The van der Waals surface area contributed by atoms with E-state index in [4.69, 9.17) is 9.26 Å². The van der Waals surface area contributed by atoms with Crippen LogP contribution in [0.4, 0.5) is 5.88 Å². The van der Waals surface area contributed by atoms with E-state index in [1.165, 1.54) is 12.8 Å².